The van der Waals surface area contributed by atoms with Gasteiger partial charge in [-0.25, -0.2) is 0 Å². The Balaban J connectivity index is 2.10. The van der Waals surface area contributed by atoms with Crippen molar-refractivity contribution < 1.29 is 9.84 Å². The van der Waals surface area contributed by atoms with Crippen molar-refractivity contribution in [3.05, 3.63) is 28.2 Å². The van der Waals surface area contributed by atoms with Crippen molar-refractivity contribution in [1.29, 1.82) is 0 Å². The van der Waals surface area contributed by atoms with Gasteiger partial charge in [0.1, 0.15) is 12.4 Å². The minimum Gasteiger partial charge on any atom is -0.490 e. The van der Waals surface area contributed by atoms with Gasteiger partial charge in [-0.2, -0.15) is 0 Å². The molecule has 1 aliphatic carbocycles. The van der Waals surface area contributed by atoms with Gasteiger partial charge in [0.2, 0.25) is 0 Å². The topological polar surface area (TPSA) is 41.5 Å². The smallest absolute Gasteiger partial charge is 0.124 e. The van der Waals surface area contributed by atoms with Crippen LogP contribution >= 0.6 is 15.9 Å². The number of ether oxygens (including phenoxy) is 1. The Kier molecular flexibility index (Phi) is 4.87. The maximum atomic E-state index is 10.3. The fourth-order valence-corrected chi connectivity index (χ4v) is 2.91. The van der Waals surface area contributed by atoms with Crippen LogP contribution in [-0.4, -0.2) is 24.4 Å². The van der Waals surface area contributed by atoms with E-state index in [0.717, 1.165) is 41.5 Å². The third-order valence-electron chi connectivity index (χ3n) is 3.90. The van der Waals surface area contributed by atoms with E-state index in [4.69, 9.17) is 4.74 Å². The lowest BCUT2D eigenvalue weighted by Gasteiger charge is -2.24. The largest absolute Gasteiger partial charge is 0.490 e. The predicted octanol–water partition coefficient (Wildman–Crippen LogP) is 3.41. The molecule has 4 heteroatoms. The van der Waals surface area contributed by atoms with E-state index in [1.807, 2.05) is 19.2 Å². The molecule has 1 unspecified atom stereocenters. The second-order valence-corrected chi connectivity index (χ2v) is 6.33. The van der Waals surface area contributed by atoms with Crippen LogP contribution < -0.4 is 10.1 Å². The molecule has 1 atom stereocenters. The number of halogens is 1. The van der Waals surface area contributed by atoms with Crippen LogP contribution in [0, 0.1) is 0 Å². The normalized spacial score (nSPS) is 19.4. The van der Waals surface area contributed by atoms with E-state index in [1.165, 1.54) is 0 Å². The first-order chi connectivity index (χ1) is 9.04. The molecule has 1 fully saturated rings. The number of benzene rings is 1. The van der Waals surface area contributed by atoms with Crippen LogP contribution in [-0.2, 0) is 0 Å². The number of hydrogen-bond donors (Lipinski definition) is 2. The van der Waals surface area contributed by atoms with Crippen LogP contribution in [0.5, 0.6) is 5.75 Å². The van der Waals surface area contributed by atoms with Gasteiger partial charge in [-0.15, -0.1) is 0 Å². The highest BCUT2D eigenvalue weighted by Gasteiger charge is 2.32. The van der Waals surface area contributed by atoms with E-state index >= 15 is 0 Å². The van der Waals surface area contributed by atoms with Crippen molar-refractivity contribution in [2.45, 2.75) is 44.2 Å². The monoisotopic (exact) mass is 327 g/mol. The van der Waals surface area contributed by atoms with Gasteiger partial charge in [0.05, 0.1) is 5.60 Å². The van der Waals surface area contributed by atoms with Crippen molar-refractivity contribution >= 4 is 15.9 Å². The van der Waals surface area contributed by atoms with Crippen molar-refractivity contribution in [2.24, 2.45) is 0 Å². The molecule has 1 aromatic rings. The van der Waals surface area contributed by atoms with Crippen molar-refractivity contribution in [3.8, 4) is 5.75 Å². The number of aliphatic hydroxyl groups is 1. The summed E-state index contributed by atoms with van der Waals surface area (Å²) in [4.78, 5) is 0. The van der Waals surface area contributed by atoms with E-state index in [1.54, 1.807) is 0 Å². The third-order valence-corrected chi connectivity index (χ3v) is 4.40. The zero-order valence-electron chi connectivity index (χ0n) is 11.6. The van der Waals surface area contributed by atoms with E-state index in [9.17, 15) is 5.11 Å². The summed E-state index contributed by atoms with van der Waals surface area (Å²) in [6, 6.07) is 6.21. The zero-order valence-corrected chi connectivity index (χ0v) is 13.2. The molecule has 0 saturated heterocycles. The second-order valence-electron chi connectivity index (χ2n) is 5.41. The number of hydrogen-bond acceptors (Lipinski definition) is 3. The van der Waals surface area contributed by atoms with Crippen molar-refractivity contribution in [1.82, 2.24) is 5.32 Å². The maximum absolute atomic E-state index is 10.3. The van der Waals surface area contributed by atoms with E-state index < -0.39 is 5.60 Å². The standard InChI is InChI=1S/C15H22BrNO2/c1-11(17-2)13-9-12(16)5-6-14(13)19-10-15(18)7-3-4-8-15/h5-6,9,11,17-18H,3-4,7-8,10H2,1-2H3. The maximum Gasteiger partial charge on any atom is 0.124 e. The molecule has 1 aromatic carbocycles. The summed E-state index contributed by atoms with van der Waals surface area (Å²) in [7, 11) is 1.93. The lowest BCUT2D eigenvalue weighted by atomic mass is 10.0. The highest BCUT2D eigenvalue weighted by Crippen LogP contribution is 2.33. The lowest BCUT2D eigenvalue weighted by Crippen LogP contribution is -2.32. The minimum absolute atomic E-state index is 0.214. The molecule has 19 heavy (non-hydrogen) atoms. The number of rotatable bonds is 5. The van der Waals surface area contributed by atoms with Crippen LogP contribution in [0.2, 0.25) is 0 Å². The van der Waals surface area contributed by atoms with Crippen LogP contribution in [0.3, 0.4) is 0 Å². The summed E-state index contributed by atoms with van der Waals surface area (Å²) in [5.41, 5.74) is 0.478. The summed E-state index contributed by atoms with van der Waals surface area (Å²) < 4.78 is 6.93. The summed E-state index contributed by atoms with van der Waals surface area (Å²) in [5.74, 6) is 0.852. The summed E-state index contributed by atoms with van der Waals surface area (Å²) >= 11 is 3.49. The Bertz CT molecular complexity index is 430. The molecular weight excluding hydrogens is 306 g/mol. The molecule has 0 bridgehead atoms. The molecule has 0 amide bonds. The van der Waals surface area contributed by atoms with Gasteiger partial charge in [-0.3, -0.25) is 0 Å². The molecule has 3 nitrogen and oxygen atoms in total. The third kappa shape index (κ3) is 3.71. The quantitative estimate of drug-likeness (QED) is 0.870. The first kappa shape index (κ1) is 14.8. The molecule has 0 aliphatic heterocycles. The van der Waals surface area contributed by atoms with Crippen molar-refractivity contribution in [2.75, 3.05) is 13.7 Å². The lowest BCUT2D eigenvalue weighted by molar-refractivity contribution is 0.00101. The van der Waals surface area contributed by atoms with Crippen LogP contribution in [0.4, 0.5) is 0 Å². The second kappa shape index (κ2) is 6.25. The molecule has 2 rings (SSSR count). The summed E-state index contributed by atoms with van der Waals surface area (Å²) in [6.07, 6.45) is 3.89. The molecule has 1 aliphatic rings. The van der Waals surface area contributed by atoms with Gasteiger partial charge >= 0.3 is 0 Å². The Morgan fingerprint density at radius 1 is 1.42 bits per heavy atom. The first-order valence-electron chi connectivity index (χ1n) is 6.86. The van der Waals surface area contributed by atoms with Gasteiger partial charge in [0.25, 0.3) is 0 Å². The molecule has 0 spiro atoms. The molecule has 0 heterocycles. The summed E-state index contributed by atoms with van der Waals surface area (Å²) in [5, 5.41) is 13.6. The van der Waals surface area contributed by atoms with E-state index in [-0.39, 0.29) is 6.04 Å². The Morgan fingerprint density at radius 2 is 2.11 bits per heavy atom. The summed E-state index contributed by atoms with van der Waals surface area (Å²) in [6.45, 7) is 2.48. The van der Waals surface area contributed by atoms with Crippen LogP contribution in [0.1, 0.15) is 44.2 Å². The van der Waals surface area contributed by atoms with Gasteiger partial charge in [0, 0.05) is 16.1 Å². The van der Waals surface area contributed by atoms with Crippen molar-refractivity contribution in [3.63, 3.8) is 0 Å². The minimum atomic E-state index is -0.632. The SMILES string of the molecule is CNC(C)c1cc(Br)ccc1OCC1(O)CCCC1. The highest BCUT2D eigenvalue weighted by atomic mass is 79.9. The molecule has 106 valence electrons. The fraction of sp³-hybridized carbons (Fsp3) is 0.600. The van der Waals surface area contributed by atoms with Gasteiger partial charge in [0.15, 0.2) is 0 Å². The molecule has 2 N–H and O–H groups in total. The Hall–Kier alpha value is -0.580. The zero-order chi connectivity index (χ0) is 13.9. The van der Waals surface area contributed by atoms with Gasteiger partial charge in [-0.1, -0.05) is 28.8 Å². The number of nitrogens with one attached hydrogen (secondary N) is 1. The average molecular weight is 328 g/mol. The highest BCUT2D eigenvalue weighted by molar-refractivity contribution is 9.10. The van der Waals surface area contributed by atoms with Gasteiger partial charge in [-0.05, 0) is 45.0 Å². The van der Waals surface area contributed by atoms with Crippen LogP contribution in [0.15, 0.2) is 22.7 Å². The first-order valence-corrected chi connectivity index (χ1v) is 7.65. The molecule has 0 radical (unpaired) electrons. The Labute approximate surface area is 123 Å². The van der Waals surface area contributed by atoms with Crippen LogP contribution in [0.25, 0.3) is 0 Å². The Morgan fingerprint density at radius 3 is 2.74 bits per heavy atom. The van der Waals surface area contributed by atoms with E-state index in [0.29, 0.717) is 6.61 Å². The fourth-order valence-electron chi connectivity index (χ4n) is 2.53. The average Bonchev–Trinajstić information content (AvgIpc) is 2.83. The molecule has 0 aromatic heterocycles. The predicted molar refractivity (Wildman–Crippen MR) is 80.5 cm³/mol. The van der Waals surface area contributed by atoms with E-state index in [2.05, 4.69) is 34.2 Å². The molecular formula is C15H22BrNO2. The molecule has 1 saturated carbocycles. The van der Waals surface area contributed by atoms with Gasteiger partial charge < -0.3 is 15.2 Å².